The molecule has 0 spiro atoms. The summed E-state index contributed by atoms with van der Waals surface area (Å²) in [5.74, 6) is 0.539. The fraction of sp³-hybridized carbons (Fsp3) is 0.556. The number of piperazine rings is 1. The number of aromatic amines is 1. The molecule has 0 saturated carbocycles. The maximum absolute atomic E-state index is 11.8. The molecule has 2 aliphatic rings. The Kier molecular flexibility index (Phi) is 4.47. The van der Waals surface area contributed by atoms with Crippen LogP contribution in [0.15, 0.2) is 24.4 Å². The Balaban J connectivity index is 1.63. The molecule has 2 fully saturated rings. The zero-order valence-corrected chi connectivity index (χ0v) is 15.4. The van der Waals surface area contributed by atoms with E-state index in [9.17, 15) is 8.42 Å². The highest BCUT2D eigenvalue weighted by atomic mass is 32.2. The number of rotatable bonds is 3. The summed E-state index contributed by atoms with van der Waals surface area (Å²) in [5, 5.41) is 1.21. The molecule has 0 aliphatic carbocycles. The Morgan fingerprint density at radius 1 is 1.12 bits per heavy atom. The zero-order valence-electron chi connectivity index (χ0n) is 14.6. The molecule has 1 aromatic carbocycles. The van der Waals surface area contributed by atoms with Crippen LogP contribution in [0.25, 0.3) is 10.9 Å². The molecule has 3 heterocycles. The van der Waals surface area contributed by atoms with E-state index < -0.39 is 10.0 Å². The number of nitrogens with zero attached hydrogens (tertiary/aromatic N) is 2. The predicted octanol–water partition coefficient (Wildman–Crippen LogP) is 2.14. The van der Waals surface area contributed by atoms with Crippen molar-refractivity contribution in [3.8, 4) is 0 Å². The van der Waals surface area contributed by atoms with Gasteiger partial charge in [-0.1, -0.05) is 0 Å². The van der Waals surface area contributed by atoms with Crippen molar-refractivity contribution in [2.75, 3.05) is 50.5 Å². The van der Waals surface area contributed by atoms with E-state index in [1.807, 2.05) is 6.20 Å². The lowest BCUT2D eigenvalue weighted by Crippen LogP contribution is -2.48. The van der Waals surface area contributed by atoms with Gasteiger partial charge in [0.15, 0.2) is 0 Å². The molecule has 0 atom stereocenters. The van der Waals surface area contributed by atoms with Crippen molar-refractivity contribution in [1.29, 1.82) is 0 Å². The lowest BCUT2D eigenvalue weighted by molar-refractivity contribution is 0.0853. The van der Waals surface area contributed by atoms with E-state index in [-0.39, 0.29) is 0 Å². The molecular formula is C18H25N3O3S. The minimum Gasteiger partial charge on any atom is -0.381 e. The molecule has 2 aromatic rings. The number of sulfonamides is 1. The maximum Gasteiger partial charge on any atom is 0.211 e. The van der Waals surface area contributed by atoms with Gasteiger partial charge < -0.3 is 14.6 Å². The average Bonchev–Trinajstić information content (AvgIpc) is 3.09. The predicted molar refractivity (Wildman–Crippen MR) is 99.7 cm³/mol. The first kappa shape index (κ1) is 16.9. The monoisotopic (exact) mass is 363 g/mol. The standard InChI is InChI=1S/C18H25N3O3S/c1-25(22,23)21-8-6-20(7-9-21)18-13-15(14-3-10-24-11-4-14)12-17-16(18)2-5-19-17/h2,5,12-14,19H,3-4,6-11H2,1H3. The van der Waals surface area contributed by atoms with Crippen LogP contribution in [0.2, 0.25) is 0 Å². The first-order valence-corrected chi connectivity index (χ1v) is 10.8. The summed E-state index contributed by atoms with van der Waals surface area (Å²) in [6.45, 7) is 4.21. The first-order valence-electron chi connectivity index (χ1n) is 8.91. The van der Waals surface area contributed by atoms with Crippen LogP contribution in [0.5, 0.6) is 0 Å². The van der Waals surface area contributed by atoms with E-state index >= 15 is 0 Å². The number of fused-ring (bicyclic) bond motifs is 1. The number of nitrogens with one attached hydrogen (secondary N) is 1. The summed E-state index contributed by atoms with van der Waals surface area (Å²) in [4.78, 5) is 5.67. The molecule has 136 valence electrons. The fourth-order valence-corrected chi connectivity index (χ4v) is 4.78. The Labute approximate surface area is 148 Å². The van der Waals surface area contributed by atoms with Gasteiger partial charge in [-0.25, -0.2) is 8.42 Å². The second-order valence-corrected chi connectivity index (χ2v) is 9.00. The van der Waals surface area contributed by atoms with Crippen molar-refractivity contribution in [2.24, 2.45) is 0 Å². The minimum absolute atomic E-state index is 0.539. The lowest BCUT2D eigenvalue weighted by atomic mass is 9.90. The van der Waals surface area contributed by atoms with Crippen LogP contribution >= 0.6 is 0 Å². The van der Waals surface area contributed by atoms with Crippen molar-refractivity contribution in [3.63, 3.8) is 0 Å². The summed E-state index contributed by atoms with van der Waals surface area (Å²) in [6.07, 6.45) is 5.40. The molecule has 1 N–H and O–H groups in total. The maximum atomic E-state index is 11.8. The first-order chi connectivity index (χ1) is 12.0. The van der Waals surface area contributed by atoms with Gasteiger partial charge in [-0.05, 0) is 42.5 Å². The molecule has 2 saturated heterocycles. The summed E-state index contributed by atoms with van der Waals surface area (Å²) < 4.78 is 30.6. The van der Waals surface area contributed by atoms with Gasteiger partial charge in [-0.15, -0.1) is 0 Å². The molecular weight excluding hydrogens is 338 g/mol. The molecule has 2 aliphatic heterocycles. The van der Waals surface area contributed by atoms with Crippen molar-refractivity contribution in [2.45, 2.75) is 18.8 Å². The SMILES string of the molecule is CS(=O)(=O)N1CCN(c2cc(C3CCOCC3)cc3[nH]ccc23)CC1. The fourth-order valence-electron chi connectivity index (χ4n) is 3.96. The molecule has 6 nitrogen and oxygen atoms in total. The third kappa shape index (κ3) is 3.41. The minimum atomic E-state index is -3.10. The molecule has 7 heteroatoms. The Morgan fingerprint density at radius 2 is 1.84 bits per heavy atom. The Morgan fingerprint density at radius 3 is 2.52 bits per heavy atom. The highest BCUT2D eigenvalue weighted by molar-refractivity contribution is 7.88. The second kappa shape index (κ2) is 6.63. The van der Waals surface area contributed by atoms with Gasteiger partial charge in [-0.3, -0.25) is 0 Å². The third-order valence-corrected chi connectivity index (χ3v) is 6.71. The molecule has 1 aromatic heterocycles. The van der Waals surface area contributed by atoms with Crippen LogP contribution in [-0.2, 0) is 14.8 Å². The van der Waals surface area contributed by atoms with Gasteiger partial charge in [0, 0.05) is 62.2 Å². The van der Waals surface area contributed by atoms with Gasteiger partial charge in [0.2, 0.25) is 10.0 Å². The quantitative estimate of drug-likeness (QED) is 0.907. The van der Waals surface area contributed by atoms with E-state index in [1.165, 1.54) is 22.9 Å². The van der Waals surface area contributed by atoms with Crippen LogP contribution in [-0.4, -0.2) is 63.4 Å². The van der Waals surface area contributed by atoms with Gasteiger partial charge >= 0.3 is 0 Å². The second-order valence-electron chi connectivity index (χ2n) is 7.01. The number of benzene rings is 1. The van der Waals surface area contributed by atoms with Gasteiger partial charge in [0.1, 0.15) is 0 Å². The summed E-state index contributed by atoms with van der Waals surface area (Å²) in [6, 6.07) is 6.69. The van der Waals surface area contributed by atoms with Crippen molar-refractivity contribution >= 4 is 26.6 Å². The number of H-pyrrole nitrogens is 1. The summed E-state index contributed by atoms with van der Waals surface area (Å²) in [7, 11) is -3.10. The lowest BCUT2D eigenvalue weighted by Gasteiger charge is -2.35. The number of aromatic nitrogens is 1. The molecule has 0 amide bonds. The largest absolute Gasteiger partial charge is 0.381 e. The smallest absolute Gasteiger partial charge is 0.211 e. The Bertz CT molecular complexity index is 848. The van der Waals surface area contributed by atoms with Gasteiger partial charge in [0.25, 0.3) is 0 Å². The van der Waals surface area contributed by atoms with Crippen molar-refractivity contribution in [3.05, 3.63) is 30.0 Å². The summed E-state index contributed by atoms with van der Waals surface area (Å²) in [5.41, 5.74) is 3.73. The normalized spacial score (nSPS) is 21.1. The molecule has 4 rings (SSSR count). The molecule has 0 unspecified atom stereocenters. The van der Waals surface area contributed by atoms with Gasteiger partial charge in [0.05, 0.1) is 6.26 Å². The number of anilines is 1. The zero-order chi connectivity index (χ0) is 17.4. The number of ether oxygens (including phenoxy) is 1. The van der Waals surface area contributed by atoms with Crippen LogP contribution in [0.4, 0.5) is 5.69 Å². The molecule has 0 bridgehead atoms. The average molecular weight is 363 g/mol. The molecule has 25 heavy (non-hydrogen) atoms. The van der Waals surface area contributed by atoms with Crippen molar-refractivity contribution in [1.82, 2.24) is 9.29 Å². The van der Waals surface area contributed by atoms with E-state index in [0.29, 0.717) is 19.0 Å². The highest BCUT2D eigenvalue weighted by Crippen LogP contribution is 2.35. The number of hydrogen-bond donors (Lipinski definition) is 1. The van der Waals surface area contributed by atoms with Crippen molar-refractivity contribution < 1.29 is 13.2 Å². The Hall–Kier alpha value is -1.57. The topological polar surface area (TPSA) is 65.6 Å². The van der Waals surface area contributed by atoms with Crippen LogP contribution in [0, 0.1) is 0 Å². The van der Waals surface area contributed by atoms with Crippen LogP contribution < -0.4 is 4.90 Å². The van der Waals surface area contributed by atoms with E-state index in [0.717, 1.165) is 44.7 Å². The third-order valence-electron chi connectivity index (χ3n) is 5.41. The van der Waals surface area contributed by atoms with Crippen LogP contribution in [0.1, 0.15) is 24.3 Å². The summed E-state index contributed by atoms with van der Waals surface area (Å²) >= 11 is 0. The van der Waals surface area contributed by atoms with Gasteiger partial charge in [-0.2, -0.15) is 4.31 Å². The molecule has 0 radical (unpaired) electrons. The highest BCUT2D eigenvalue weighted by Gasteiger charge is 2.25. The van der Waals surface area contributed by atoms with E-state index in [1.54, 1.807) is 4.31 Å². The number of hydrogen-bond acceptors (Lipinski definition) is 4. The van der Waals surface area contributed by atoms with E-state index in [4.69, 9.17) is 4.74 Å². The van der Waals surface area contributed by atoms with E-state index in [2.05, 4.69) is 28.1 Å². The van der Waals surface area contributed by atoms with Crippen LogP contribution in [0.3, 0.4) is 0 Å².